The molecule has 26 heavy (non-hydrogen) atoms. The summed E-state index contributed by atoms with van der Waals surface area (Å²) in [7, 11) is 0. The molecule has 1 unspecified atom stereocenters. The fourth-order valence-corrected chi connectivity index (χ4v) is 3.43. The van der Waals surface area contributed by atoms with E-state index in [0.29, 0.717) is 17.8 Å². The number of Topliss-reactive ketones (excluding diaryl/α,β-unsaturated/α-hetero) is 2. The van der Waals surface area contributed by atoms with E-state index in [9.17, 15) is 9.59 Å². The SMILES string of the molecule is CSC1=CCC(C(=O)c2ncn(-c3cc(C(C)=O)ccc3C)c2N)C=C1. The molecule has 0 saturated heterocycles. The van der Waals surface area contributed by atoms with E-state index in [1.165, 1.54) is 6.92 Å². The lowest BCUT2D eigenvalue weighted by atomic mass is 9.94. The predicted molar refractivity (Wildman–Crippen MR) is 106 cm³/mol. The second-order valence-electron chi connectivity index (χ2n) is 6.28. The van der Waals surface area contributed by atoms with Gasteiger partial charge in [0.2, 0.25) is 0 Å². The molecule has 1 aliphatic rings. The zero-order valence-corrected chi connectivity index (χ0v) is 15.8. The molecule has 1 aromatic carbocycles. The van der Waals surface area contributed by atoms with Crippen LogP contribution in [0, 0.1) is 12.8 Å². The number of carbonyl (C=O) groups excluding carboxylic acids is 2. The number of hydrogen-bond acceptors (Lipinski definition) is 5. The van der Waals surface area contributed by atoms with Crippen molar-refractivity contribution in [1.29, 1.82) is 0 Å². The number of hydrogen-bond donors (Lipinski definition) is 1. The lowest BCUT2D eigenvalue weighted by Gasteiger charge is -2.14. The van der Waals surface area contributed by atoms with Crippen LogP contribution in [0.4, 0.5) is 5.82 Å². The molecule has 0 saturated carbocycles. The molecule has 2 N–H and O–H groups in total. The number of nitrogens with two attached hydrogens (primary N) is 1. The van der Waals surface area contributed by atoms with Crippen LogP contribution >= 0.6 is 11.8 Å². The van der Waals surface area contributed by atoms with E-state index >= 15 is 0 Å². The quantitative estimate of drug-likeness (QED) is 0.809. The minimum Gasteiger partial charge on any atom is -0.383 e. The molecule has 0 bridgehead atoms. The molecule has 1 aliphatic carbocycles. The largest absolute Gasteiger partial charge is 0.383 e. The molecule has 1 atom stereocenters. The van der Waals surface area contributed by atoms with Gasteiger partial charge < -0.3 is 5.73 Å². The first-order valence-corrected chi connectivity index (χ1v) is 9.56. The third kappa shape index (κ3) is 3.37. The van der Waals surface area contributed by atoms with Crippen molar-refractivity contribution >= 4 is 29.1 Å². The molecule has 0 radical (unpaired) electrons. The lowest BCUT2D eigenvalue weighted by molar-refractivity contribution is 0.0941. The van der Waals surface area contributed by atoms with E-state index in [2.05, 4.69) is 11.1 Å². The standard InChI is InChI=1S/C20H21N3O2S/c1-12-4-5-15(13(2)24)10-17(12)23-11-22-18(20(23)21)19(25)14-6-8-16(26-3)9-7-14/h4-6,8-11,14H,7,21H2,1-3H3. The van der Waals surface area contributed by atoms with E-state index in [-0.39, 0.29) is 23.2 Å². The first-order valence-electron chi connectivity index (χ1n) is 8.33. The molecule has 0 fully saturated rings. The number of anilines is 1. The third-order valence-corrected chi connectivity index (χ3v) is 5.33. The Balaban J connectivity index is 1.93. The fraction of sp³-hybridized carbons (Fsp3) is 0.250. The van der Waals surface area contributed by atoms with Crippen LogP contribution < -0.4 is 5.73 Å². The molecule has 0 spiro atoms. The Morgan fingerprint density at radius 2 is 2.12 bits per heavy atom. The molecular weight excluding hydrogens is 346 g/mol. The van der Waals surface area contributed by atoms with Gasteiger partial charge in [0.1, 0.15) is 17.8 Å². The summed E-state index contributed by atoms with van der Waals surface area (Å²) < 4.78 is 1.67. The van der Waals surface area contributed by atoms with Crippen LogP contribution in [0.15, 0.2) is 47.7 Å². The highest BCUT2D eigenvalue weighted by molar-refractivity contribution is 8.02. The van der Waals surface area contributed by atoms with Gasteiger partial charge in [-0.05, 0) is 38.2 Å². The highest BCUT2D eigenvalue weighted by atomic mass is 32.2. The van der Waals surface area contributed by atoms with Gasteiger partial charge in [-0.25, -0.2) is 4.98 Å². The second kappa shape index (κ2) is 7.33. The van der Waals surface area contributed by atoms with Gasteiger partial charge in [-0.15, -0.1) is 11.8 Å². The minimum atomic E-state index is -0.249. The highest BCUT2D eigenvalue weighted by Gasteiger charge is 2.24. The Labute approximate surface area is 157 Å². The maximum absolute atomic E-state index is 12.8. The van der Waals surface area contributed by atoms with Crippen LogP contribution in [-0.4, -0.2) is 27.4 Å². The first-order chi connectivity index (χ1) is 12.4. The van der Waals surface area contributed by atoms with Crippen molar-refractivity contribution in [2.24, 2.45) is 5.92 Å². The Hall–Kier alpha value is -2.60. The number of imidazole rings is 1. The van der Waals surface area contributed by atoms with Crippen molar-refractivity contribution in [3.05, 3.63) is 64.5 Å². The molecule has 6 heteroatoms. The Morgan fingerprint density at radius 1 is 1.35 bits per heavy atom. The van der Waals surface area contributed by atoms with Crippen molar-refractivity contribution in [3.63, 3.8) is 0 Å². The van der Waals surface area contributed by atoms with Gasteiger partial charge in [0.25, 0.3) is 0 Å². The number of aryl methyl sites for hydroxylation is 1. The highest BCUT2D eigenvalue weighted by Crippen LogP contribution is 2.28. The summed E-state index contributed by atoms with van der Waals surface area (Å²) in [5.41, 5.74) is 8.81. The summed E-state index contributed by atoms with van der Waals surface area (Å²) in [6, 6.07) is 5.42. The van der Waals surface area contributed by atoms with Gasteiger partial charge in [-0.1, -0.05) is 30.4 Å². The van der Waals surface area contributed by atoms with Crippen molar-refractivity contribution in [3.8, 4) is 5.69 Å². The van der Waals surface area contributed by atoms with Gasteiger partial charge in [-0.3, -0.25) is 14.2 Å². The summed E-state index contributed by atoms with van der Waals surface area (Å²) in [5, 5.41) is 0. The van der Waals surface area contributed by atoms with Gasteiger partial charge in [-0.2, -0.15) is 0 Å². The van der Waals surface area contributed by atoms with E-state index in [1.54, 1.807) is 34.8 Å². The third-order valence-electron chi connectivity index (χ3n) is 4.55. The molecule has 134 valence electrons. The topological polar surface area (TPSA) is 78.0 Å². The van der Waals surface area contributed by atoms with Crippen molar-refractivity contribution in [2.75, 3.05) is 12.0 Å². The van der Waals surface area contributed by atoms with Crippen LogP contribution in [0.1, 0.15) is 39.8 Å². The number of thioether (sulfide) groups is 1. The smallest absolute Gasteiger partial charge is 0.192 e. The number of rotatable bonds is 5. The van der Waals surface area contributed by atoms with E-state index < -0.39 is 0 Å². The summed E-state index contributed by atoms with van der Waals surface area (Å²) >= 11 is 1.66. The van der Waals surface area contributed by atoms with E-state index in [1.807, 2.05) is 31.4 Å². The number of aromatic nitrogens is 2. The zero-order chi connectivity index (χ0) is 18.8. The number of carbonyl (C=O) groups is 2. The average Bonchev–Trinajstić information content (AvgIpc) is 3.02. The van der Waals surface area contributed by atoms with Gasteiger partial charge in [0.05, 0.1) is 5.69 Å². The first kappa shape index (κ1) is 18.2. The van der Waals surface area contributed by atoms with Crippen molar-refractivity contribution in [2.45, 2.75) is 20.3 Å². The van der Waals surface area contributed by atoms with Gasteiger partial charge in [0.15, 0.2) is 11.6 Å². The number of nitrogens with zero attached hydrogens (tertiary/aromatic N) is 2. The summed E-state index contributed by atoms with van der Waals surface area (Å²) in [4.78, 5) is 29.9. The number of nitrogen functional groups attached to an aromatic ring is 1. The summed E-state index contributed by atoms with van der Waals surface area (Å²) in [6.07, 6.45) is 10.1. The Bertz CT molecular complexity index is 941. The lowest BCUT2D eigenvalue weighted by Crippen LogP contribution is -2.16. The normalized spacial score (nSPS) is 16.4. The van der Waals surface area contributed by atoms with Gasteiger partial charge in [0, 0.05) is 16.4 Å². The van der Waals surface area contributed by atoms with Crippen LogP contribution in [0.3, 0.4) is 0 Å². The van der Waals surface area contributed by atoms with Gasteiger partial charge >= 0.3 is 0 Å². The van der Waals surface area contributed by atoms with E-state index in [4.69, 9.17) is 5.73 Å². The molecule has 1 aromatic heterocycles. The second-order valence-corrected chi connectivity index (χ2v) is 7.16. The molecule has 5 nitrogen and oxygen atoms in total. The van der Waals surface area contributed by atoms with Crippen LogP contribution in [0.5, 0.6) is 0 Å². The predicted octanol–water partition coefficient (Wildman–Crippen LogP) is 3.97. The number of allylic oxidation sites excluding steroid dienone is 3. The molecular formula is C20H21N3O2S. The molecule has 0 aliphatic heterocycles. The van der Waals surface area contributed by atoms with E-state index in [0.717, 1.165) is 16.2 Å². The maximum Gasteiger partial charge on any atom is 0.192 e. The van der Waals surface area contributed by atoms with Crippen LogP contribution in [0.25, 0.3) is 5.69 Å². The molecule has 2 aromatic rings. The minimum absolute atomic E-state index is 0.0232. The Kier molecular flexibility index (Phi) is 5.13. The summed E-state index contributed by atoms with van der Waals surface area (Å²) in [6.45, 7) is 3.45. The fourth-order valence-electron chi connectivity index (χ4n) is 2.95. The zero-order valence-electron chi connectivity index (χ0n) is 15.0. The monoisotopic (exact) mass is 367 g/mol. The number of benzene rings is 1. The van der Waals surface area contributed by atoms with Crippen LogP contribution in [0.2, 0.25) is 0 Å². The number of ketones is 2. The summed E-state index contributed by atoms with van der Waals surface area (Å²) in [5.74, 6) is -0.0627. The molecule has 3 rings (SSSR count). The van der Waals surface area contributed by atoms with Crippen LogP contribution in [-0.2, 0) is 0 Å². The average molecular weight is 367 g/mol. The maximum atomic E-state index is 12.8. The molecule has 0 amide bonds. The van der Waals surface area contributed by atoms with Crippen molar-refractivity contribution < 1.29 is 9.59 Å². The van der Waals surface area contributed by atoms with Crippen molar-refractivity contribution in [1.82, 2.24) is 9.55 Å². The Morgan fingerprint density at radius 3 is 2.73 bits per heavy atom. The molecule has 1 heterocycles.